The number of hydrogen-bond donors (Lipinski definition) is 2. The van der Waals surface area contributed by atoms with Crippen LogP contribution in [-0.2, 0) is 9.53 Å². The Kier molecular flexibility index (Phi) is 5.20. The molecule has 2 aliphatic rings. The van der Waals surface area contributed by atoms with Gasteiger partial charge in [-0.2, -0.15) is 0 Å². The number of halogens is 1. The highest BCUT2D eigenvalue weighted by Crippen LogP contribution is 2.48. The molecule has 1 aromatic rings. The monoisotopic (exact) mass is 366 g/mol. The third kappa shape index (κ3) is 3.46. The van der Waals surface area contributed by atoms with Crippen LogP contribution in [-0.4, -0.2) is 48.8 Å². The zero-order chi connectivity index (χ0) is 18.0. The van der Waals surface area contributed by atoms with Crippen LogP contribution < -0.4 is 5.32 Å². The summed E-state index contributed by atoms with van der Waals surface area (Å²) in [5, 5.41) is 13.2. The number of methoxy groups -OCH3 is 1. The van der Waals surface area contributed by atoms with Gasteiger partial charge < -0.3 is 20.1 Å². The van der Waals surface area contributed by atoms with Crippen LogP contribution in [0.25, 0.3) is 0 Å². The fraction of sp³-hybridized carbons (Fsp3) is 0.556. The highest BCUT2D eigenvalue weighted by Gasteiger charge is 2.55. The molecular weight excluding hydrogens is 344 g/mol. The Balaban J connectivity index is 1.71. The molecule has 2 fully saturated rings. The lowest BCUT2D eigenvalue weighted by Gasteiger charge is -2.25. The molecule has 1 unspecified atom stereocenters. The minimum Gasteiger partial charge on any atom is -0.481 e. The summed E-state index contributed by atoms with van der Waals surface area (Å²) in [5.74, 6) is -0.739. The average molecular weight is 367 g/mol. The van der Waals surface area contributed by atoms with E-state index < -0.39 is 11.4 Å². The minimum atomic E-state index is -0.784. The Hall–Kier alpha value is -1.79. The van der Waals surface area contributed by atoms with E-state index in [4.69, 9.17) is 16.3 Å². The average Bonchev–Trinajstić information content (AvgIpc) is 3.12. The first-order valence-corrected chi connectivity index (χ1v) is 8.87. The fourth-order valence-corrected chi connectivity index (χ4v) is 4.34. The van der Waals surface area contributed by atoms with Gasteiger partial charge in [0, 0.05) is 25.2 Å². The van der Waals surface area contributed by atoms with Gasteiger partial charge in [0.05, 0.1) is 18.1 Å². The summed E-state index contributed by atoms with van der Waals surface area (Å²) in [6.07, 6.45) is 2.43. The second kappa shape index (κ2) is 7.22. The van der Waals surface area contributed by atoms with Gasteiger partial charge in [-0.15, -0.1) is 0 Å². The summed E-state index contributed by atoms with van der Waals surface area (Å²) in [6.45, 7) is 1.08. The van der Waals surface area contributed by atoms with Gasteiger partial charge in [-0.25, -0.2) is 4.79 Å². The summed E-state index contributed by atoms with van der Waals surface area (Å²) in [7, 11) is 1.57. The Labute approximate surface area is 152 Å². The lowest BCUT2D eigenvalue weighted by Crippen LogP contribution is -2.43. The Morgan fingerprint density at radius 2 is 2.32 bits per heavy atom. The van der Waals surface area contributed by atoms with Gasteiger partial charge in [-0.1, -0.05) is 30.2 Å². The molecule has 136 valence electrons. The van der Waals surface area contributed by atoms with Gasteiger partial charge in [0.25, 0.3) is 0 Å². The van der Waals surface area contributed by atoms with Crippen molar-refractivity contribution in [3.63, 3.8) is 0 Å². The molecule has 0 bridgehead atoms. The van der Waals surface area contributed by atoms with Crippen molar-refractivity contribution < 1.29 is 19.4 Å². The number of nitrogens with one attached hydrogen (secondary N) is 1. The van der Waals surface area contributed by atoms with Crippen LogP contribution in [0.5, 0.6) is 0 Å². The second-order valence-electron chi connectivity index (χ2n) is 6.94. The van der Waals surface area contributed by atoms with Gasteiger partial charge in [-0.3, -0.25) is 4.79 Å². The van der Waals surface area contributed by atoms with E-state index in [0.29, 0.717) is 24.6 Å². The first-order chi connectivity index (χ1) is 12.0. The van der Waals surface area contributed by atoms with Gasteiger partial charge in [0.2, 0.25) is 0 Å². The molecule has 1 saturated carbocycles. The third-order valence-electron chi connectivity index (χ3n) is 5.47. The first-order valence-electron chi connectivity index (χ1n) is 8.49. The summed E-state index contributed by atoms with van der Waals surface area (Å²) < 4.78 is 5.22. The molecule has 7 heteroatoms. The second-order valence-corrected chi connectivity index (χ2v) is 7.38. The molecule has 1 aromatic carbocycles. The molecule has 3 rings (SSSR count). The van der Waals surface area contributed by atoms with Gasteiger partial charge >= 0.3 is 12.0 Å². The predicted octanol–water partition coefficient (Wildman–Crippen LogP) is 2.92. The number of carbonyl (C=O) groups is 2. The van der Waals surface area contributed by atoms with Crippen molar-refractivity contribution >= 4 is 23.6 Å². The standard InChI is InChI=1S/C18H23ClN2O4/c1-25-10-15(12-4-2-6-14(19)8-12)20-17(24)21-9-13-5-3-7-18(13,11-21)16(22)23/h2,4,6,8,13,15H,3,5,7,9-11H2,1H3,(H,20,24)(H,22,23)/t13-,15?,18+/m0/s1. The van der Waals surface area contributed by atoms with Crippen LogP contribution in [0.4, 0.5) is 4.79 Å². The van der Waals surface area contributed by atoms with Crippen LogP contribution >= 0.6 is 11.6 Å². The summed E-state index contributed by atoms with van der Waals surface area (Å²) in [6, 6.07) is 6.69. The number of ether oxygens (including phenoxy) is 1. The van der Waals surface area contributed by atoms with Gasteiger partial charge in [0.15, 0.2) is 0 Å². The highest BCUT2D eigenvalue weighted by atomic mass is 35.5. The van der Waals surface area contributed by atoms with E-state index in [1.165, 1.54) is 0 Å². The van der Waals surface area contributed by atoms with Crippen LogP contribution in [0.2, 0.25) is 5.02 Å². The molecule has 1 saturated heterocycles. The van der Waals surface area contributed by atoms with Crippen LogP contribution in [0.15, 0.2) is 24.3 Å². The van der Waals surface area contributed by atoms with E-state index in [9.17, 15) is 14.7 Å². The Bertz CT molecular complexity index is 668. The van der Waals surface area contributed by atoms with Crippen molar-refractivity contribution in [2.24, 2.45) is 11.3 Å². The number of benzene rings is 1. The number of amides is 2. The summed E-state index contributed by atoms with van der Waals surface area (Å²) >= 11 is 6.04. The maximum atomic E-state index is 12.7. The molecule has 0 radical (unpaired) electrons. The Morgan fingerprint density at radius 1 is 1.52 bits per heavy atom. The lowest BCUT2D eigenvalue weighted by atomic mass is 9.81. The molecule has 1 aliphatic heterocycles. The SMILES string of the molecule is COCC(NC(=O)N1C[C@@H]2CCC[C@@]2(C(=O)O)C1)c1cccc(Cl)c1. The molecule has 3 atom stereocenters. The maximum absolute atomic E-state index is 12.7. The van der Waals surface area contributed by atoms with Gasteiger partial charge in [0.1, 0.15) is 0 Å². The number of carboxylic acids is 1. The van der Waals surface area contributed by atoms with Crippen molar-refractivity contribution in [2.45, 2.75) is 25.3 Å². The molecule has 2 N–H and O–H groups in total. The smallest absolute Gasteiger partial charge is 0.318 e. The number of nitrogens with zero attached hydrogens (tertiary/aromatic N) is 1. The third-order valence-corrected chi connectivity index (χ3v) is 5.70. The predicted molar refractivity (Wildman–Crippen MR) is 93.6 cm³/mol. The number of likely N-dealkylation sites (tertiary alicyclic amines) is 1. The zero-order valence-corrected chi connectivity index (χ0v) is 15.0. The number of carbonyl (C=O) groups excluding carboxylic acids is 1. The minimum absolute atomic E-state index is 0.0443. The van der Waals surface area contributed by atoms with Gasteiger partial charge in [-0.05, 0) is 36.5 Å². The molecule has 1 heterocycles. The zero-order valence-electron chi connectivity index (χ0n) is 14.2. The number of carboxylic acid groups (broad SMARTS) is 1. The Morgan fingerprint density at radius 3 is 2.96 bits per heavy atom. The normalized spacial score (nSPS) is 26.3. The van der Waals surface area contributed by atoms with Crippen molar-refractivity contribution in [1.29, 1.82) is 0 Å². The molecule has 0 aromatic heterocycles. The number of hydrogen-bond acceptors (Lipinski definition) is 3. The van der Waals surface area contributed by atoms with Crippen LogP contribution in [0, 0.1) is 11.3 Å². The largest absolute Gasteiger partial charge is 0.481 e. The number of fused-ring (bicyclic) bond motifs is 1. The van der Waals surface area contributed by atoms with Crippen LogP contribution in [0.1, 0.15) is 30.9 Å². The lowest BCUT2D eigenvalue weighted by molar-refractivity contribution is -0.149. The number of rotatable bonds is 5. The van der Waals surface area contributed by atoms with E-state index in [-0.39, 0.29) is 24.5 Å². The topological polar surface area (TPSA) is 78.9 Å². The molecule has 25 heavy (non-hydrogen) atoms. The number of urea groups is 1. The van der Waals surface area contributed by atoms with E-state index in [1.54, 1.807) is 24.1 Å². The fourth-order valence-electron chi connectivity index (χ4n) is 4.15. The molecule has 6 nitrogen and oxygen atoms in total. The first kappa shape index (κ1) is 18.0. The van der Waals surface area contributed by atoms with E-state index in [1.807, 2.05) is 12.1 Å². The van der Waals surface area contributed by atoms with Crippen LogP contribution in [0.3, 0.4) is 0 Å². The van der Waals surface area contributed by atoms with E-state index in [0.717, 1.165) is 18.4 Å². The maximum Gasteiger partial charge on any atom is 0.318 e. The summed E-state index contributed by atoms with van der Waals surface area (Å²) in [5.41, 5.74) is 0.0829. The number of aliphatic carboxylic acids is 1. The van der Waals surface area contributed by atoms with Crippen molar-refractivity contribution in [2.75, 3.05) is 26.8 Å². The van der Waals surface area contributed by atoms with E-state index >= 15 is 0 Å². The van der Waals surface area contributed by atoms with Crippen molar-refractivity contribution in [3.05, 3.63) is 34.9 Å². The molecule has 2 amide bonds. The van der Waals surface area contributed by atoms with E-state index in [2.05, 4.69) is 5.32 Å². The highest BCUT2D eigenvalue weighted by molar-refractivity contribution is 6.30. The van der Waals surface area contributed by atoms with Crippen molar-refractivity contribution in [1.82, 2.24) is 10.2 Å². The van der Waals surface area contributed by atoms with Crippen molar-refractivity contribution in [3.8, 4) is 0 Å². The molecule has 1 aliphatic carbocycles. The molecular formula is C18H23ClN2O4. The quantitative estimate of drug-likeness (QED) is 0.839. The molecule has 0 spiro atoms. The summed E-state index contributed by atoms with van der Waals surface area (Å²) in [4.78, 5) is 26.1.